The van der Waals surface area contributed by atoms with Gasteiger partial charge in [-0.25, -0.2) is 4.39 Å². The second-order valence-corrected chi connectivity index (χ2v) is 7.07. The van der Waals surface area contributed by atoms with Crippen LogP contribution in [0.1, 0.15) is 22.1 Å². The Morgan fingerprint density at radius 1 is 1.42 bits per heavy atom. The van der Waals surface area contributed by atoms with Crippen LogP contribution in [0.25, 0.3) is 0 Å². The van der Waals surface area contributed by atoms with Crippen molar-refractivity contribution in [2.75, 3.05) is 27.2 Å². The molecular weight excluding hydrogens is 349 g/mol. The van der Waals surface area contributed by atoms with Crippen LogP contribution in [0.2, 0.25) is 0 Å². The zero-order valence-corrected chi connectivity index (χ0v) is 16.3. The summed E-state index contributed by atoms with van der Waals surface area (Å²) in [7, 11) is 3.83. The minimum absolute atomic E-state index is 0.212. The van der Waals surface area contributed by atoms with E-state index in [0.717, 1.165) is 22.7 Å². The van der Waals surface area contributed by atoms with Crippen molar-refractivity contribution in [3.05, 3.63) is 69.3 Å². The van der Waals surface area contributed by atoms with E-state index in [0.29, 0.717) is 13.2 Å². The lowest BCUT2D eigenvalue weighted by molar-refractivity contribution is 0.0596. The van der Waals surface area contributed by atoms with E-state index in [4.69, 9.17) is 10.1 Å². The number of ether oxygens (including phenoxy) is 1. The highest BCUT2D eigenvalue weighted by molar-refractivity contribution is 7.10. The van der Waals surface area contributed by atoms with Crippen LogP contribution >= 0.6 is 11.3 Å². The van der Waals surface area contributed by atoms with Gasteiger partial charge in [-0.1, -0.05) is 12.1 Å². The minimum atomic E-state index is -0.218. The molecule has 0 saturated heterocycles. The largest absolute Gasteiger partial charge is 0.389 e. The number of halogens is 1. The van der Waals surface area contributed by atoms with Crippen LogP contribution in [0, 0.1) is 18.2 Å². The summed E-state index contributed by atoms with van der Waals surface area (Å²) < 4.78 is 19.5. The number of benzene rings is 1. The summed E-state index contributed by atoms with van der Waals surface area (Å²) in [6.45, 7) is 3.98. The molecule has 26 heavy (non-hydrogen) atoms. The monoisotopic (exact) mass is 375 g/mol. The normalized spacial score (nSPS) is 13.0. The molecule has 0 aliphatic rings. The minimum Gasteiger partial charge on any atom is -0.389 e. The van der Waals surface area contributed by atoms with E-state index < -0.39 is 0 Å². The smallest absolute Gasteiger partial charge is 0.131 e. The highest BCUT2D eigenvalue weighted by Gasteiger charge is 2.20. The topological polar surface area (TPSA) is 48.4 Å². The van der Waals surface area contributed by atoms with E-state index in [1.807, 2.05) is 20.2 Å². The molecule has 0 aliphatic carbocycles. The molecule has 2 rings (SSSR count). The molecule has 1 heterocycles. The van der Waals surface area contributed by atoms with Crippen molar-refractivity contribution in [2.24, 2.45) is 0 Å². The molecule has 0 bridgehead atoms. The zero-order valence-electron chi connectivity index (χ0n) is 15.5. The Bertz CT molecular complexity index is 744. The van der Waals surface area contributed by atoms with Crippen molar-refractivity contribution in [3.63, 3.8) is 0 Å². The summed E-state index contributed by atoms with van der Waals surface area (Å²) >= 11 is 1.65. The maximum Gasteiger partial charge on any atom is 0.131 e. The quantitative estimate of drug-likeness (QED) is 0.614. The lowest BCUT2D eigenvalue weighted by atomic mass is 10.1. The van der Waals surface area contributed by atoms with Crippen molar-refractivity contribution >= 4 is 17.6 Å². The maximum absolute atomic E-state index is 13.3. The van der Waals surface area contributed by atoms with E-state index in [1.54, 1.807) is 29.5 Å². The van der Waals surface area contributed by atoms with Crippen molar-refractivity contribution in [1.82, 2.24) is 10.2 Å². The van der Waals surface area contributed by atoms with Gasteiger partial charge in [-0.3, -0.25) is 4.90 Å². The van der Waals surface area contributed by atoms with Gasteiger partial charge in [-0.2, -0.15) is 0 Å². The van der Waals surface area contributed by atoms with Crippen molar-refractivity contribution in [1.29, 1.82) is 5.41 Å². The van der Waals surface area contributed by atoms with Crippen LogP contribution in [0.5, 0.6) is 0 Å². The number of allylic oxidation sites excluding steroid dienone is 1. The number of hydrogen-bond donors (Lipinski definition) is 2. The summed E-state index contributed by atoms with van der Waals surface area (Å²) in [6, 6.07) is 8.73. The Morgan fingerprint density at radius 2 is 2.23 bits per heavy atom. The van der Waals surface area contributed by atoms with Crippen molar-refractivity contribution < 1.29 is 9.13 Å². The Balaban J connectivity index is 1.97. The van der Waals surface area contributed by atoms with E-state index in [9.17, 15) is 4.39 Å². The molecule has 1 aromatic carbocycles. The van der Waals surface area contributed by atoms with Gasteiger partial charge < -0.3 is 15.5 Å². The van der Waals surface area contributed by atoms with Gasteiger partial charge in [-0.05, 0) is 54.8 Å². The first kappa shape index (κ1) is 20.3. The van der Waals surface area contributed by atoms with Gasteiger partial charge in [0.05, 0.1) is 6.61 Å². The van der Waals surface area contributed by atoms with Crippen LogP contribution in [-0.2, 0) is 11.3 Å². The number of likely N-dealkylation sites (N-methyl/N-ethyl adjacent to an activating group) is 2. The second kappa shape index (κ2) is 10.2. The molecule has 0 spiro atoms. The van der Waals surface area contributed by atoms with Crippen LogP contribution < -0.4 is 5.32 Å². The molecule has 1 atom stereocenters. The molecule has 0 fully saturated rings. The number of aryl methyl sites for hydroxylation is 1. The van der Waals surface area contributed by atoms with Gasteiger partial charge >= 0.3 is 0 Å². The Hall–Kier alpha value is -2.02. The highest BCUT2D eigenvalue weighted by atomic mass is 32.1. The summed E-state index contributed by atoms with van der Waals surface area (Å²) in [5, 5.41) is 12.6. The van der Waals surface area contributed by atoms with E-state index in [-0.39, 0.29) is 11.9 Å². The van der Waals surface area contributed by atoms with Gasteiger partial charge in [0.25, 0.3) is 0 Å². The molecule has 1 unspecified atom stereocenters. The molecule has 2 N–H and O–H groups in total. The summed E-state index contributed by atoms with van der Waals surface area (Å²) in [6.07, 6.45) is 2.77. The van der Waals surface area contributed by atoms with E-state index in [2.05, 4.69) is 28.6 Å². The van der Waals surface area contributed by atoms with Crippen LogP contribution in [-0.4, -0.2) is 38.4 Å². The molecule has 0 saturated carbocycles. The second-order valence-electron chi connectivity index (χ2n) is 6.13. The predicted molar refractivity (Wildman–Crippen MR) is 106 cm³/mol. The fourth-order valence-corrected chi connectivity index (χ4v) is 3.70. The Labute approximate surface area is 158 Å². The number of nitrogens with zero attached hydrogens (tertiary/aromatic N) is 1. The number of thiophene rings is 1. The molecule has 4 nitrogen and oxygen atoms in total. The standard InChI is InChI=1S/C20H26FN3OS/c1-15-8-12-26-20(15)19(18(23-2)7-9-22)25-11-10-24(3)14-16-5-4-6-17(21)13-16/h4-9,12-13,19,22-23H,10-11,14H2,1-3H3/b18-7-,22-9?. The maximum atomic E-state index is 13.3. The third-order valence-corrected chi connectivity index (χ3v) is 5.14. The van der Waals surface area contributed by atoms with E-state index in [1.165, 1.54) is 17.8 Å². The number of nitrogens with one attached hydrogen (secondary N) is 2. The average molecular weight is 376 g/mol. The van der Waals surface area contributed by atoms with Gasteiger partial charge in [0.1, 0.15) is 11.9 Å². The summed E-state index contributed by atoms with van der Waals surface area (Å²) in [4.78, 5) is 3.24. The van der Waals surface area contributed by atoms with Crippen molar-refractivity contribution in [2.45, 2.75) is 19.6 Å². The fraction of sp³-hybridized carbons (Fsp3) is 0.350. The highest BCUT2D eigenvalue weighted by Crippen LogP contribution is 2.31. The van der Waals surface area contributed by atoms with Gasteiger partial charge in [0.15, 0.2) is 0 Å². The van der Waals surface area contributed by atoms with E-state index >= 15 is 0 Å². The third-order valence-electron chi connectivity index (χ3n) is 4.07. The van der Waals surface area contributed by atoms with Crippen LogP contribution in [0.4, 0.5) is 4.39 Å². The van der Waals surface area contributed by atoms with Gasteiger partial charge in [0.2, 0.25) is 0 Å². The van der Waals surface area contributed by atoms with Gasteiger partial charge in [0, 0.05) is 36.9 Å². The zero-order chi connectivity index (χ0) is 18.9. The fourth-order valence-electron chi connectivity index (χ4n) is 2.70. The molecule has 140 valence electrons. The van der Waals surface area contributed by atoms with Gasteiger partial charge in [-0.15, -0.1) is 11.3 Å². The molecular formula is C20H26FN3OS. The number of rotatable bonds is 10. The Kier molecular flexibility index (Phi) is 7.97. The molecule has 0 radical (unpaired) electrons. The Morgan fingerprint density at radius 3 is 2.85 bits per heavy atom. The molecule has 1 aromatic heterocycles. The van der Waals surface area contributed by atoms with Crippen molar-refractivity contribution in [3.8, 4) is 0 Å². The first-order valence-electron chi connectivity index (χ1n) is 8.52. The average Bonchev–Trinajstić information content (AvgIpc) is 3.03. The van der Waals surface area contributed by atoms with Crippen LogP contribution in [0.3, 0.4) is 0 Å². The molecule has 6 heteroatoms. The molecule has 0 aliphatic heterocycles. The first-order chi connectivity index (χ1) is 12.5. The summed E-state index contributed by atoms with van der Waals surface area (Å²) in [5.41, 5.74) is 2.98. The lowest BCUT2D eigenvalue weighted by Crippen LogP contribution is -2.25. The first-order valence-corrected chi connectivity index (χ1v) is 9.40. The lowest BCUT2D eigenvalue weighted by Gasteiger charge is -2.23. The summed E-state index contributed by atoms with van der Waals surface area (Å²) in [5.74, 6) is -0.212. The predicted octanol–water partition coefficient (Wildman–Crippen LogP) is 4.14. The van der Waals surface area contributed by atoms with Crippen LogP contribution in [0.15, 0.2) is 47.5 Å². The SMILES string of the molecule is CN/C(=C\C=N)C(OCCN(C)Cc1cccc(F)c1)c1sccc1C. The molecule has 0 amide bonds. The number of hydrogen-bond acceptors (Lipinski definition) is 5. The molecule has 2 aromatic rings. The third kappa shape index (κ3) is 5.76.